The molecule has 0 saturated heterocycles. The van der Waals surface area contributed by atoms with Crippen LogP contribution in [0, 0.1) is 0 Å². The van der Waals surface area contributed by atoms with Gasteiger partial charge in [0.15, 0.2) is 0 Å². The van der Waals surface area contributed by atoms with Gasteiger partial charge in [0.05, 0.1) is 0 Å². The third-order valence-electron chi connectivity index (χ3n) is 5.23. The van der Waals surface area contributed by atoms with Gasteiger partial charge in [-0.25, -0.2) is 0 Å². The Labute approximate surface area is 208 Å². The van der Waals surface area contributed by atoms with Crippen molar-refractivity contribution in [2.45, 2.75) is 116 Å². The summed E-state index contributed by atoms with van der Waals surface area (Å²) in [4.78, 5) is 22.7. The van der Waals surface area contributed by atoms with Crippen LogP contribution in [0.1, 0.15) is 110 Å². The summed E-state index contributed by atoms with van der Waals surface area (Å²) in [5.74, 6) is -0.947. The highest BCUT2D eigenvalue weighted by Crippen LogP contribution is 2.14. The van der Waals surface area contributed by atoms with Gasteiger partial charge >= 0.3 is 11.9 Å². The van der Waals surface area contributed by atoms with E-state index < -0.39 is 5.97 Å². The fourth-order valence-electron chi connectivity index (χ4n) is 3.39. The molecule has 192 valence electrons. The number of unbranched alkanes of at least 4 members (excludes halogenated alkanes) is 3. The summed E-state index contributed by atoms with van der Waals surface area (Å²) in [5, 5.41) is 8.74. The molecule has 4 nitrogen and oxygen atoms in total. The average Bonchev–Trinajstić information content (AvgIpc) is 2.80. The smallest absolute Gasteiger partial charge is 0.306 e. The normalized spacial score (nSPS) is 13.2. The zero-order valence-electron chi connectivity index (χ0n) is 21.6. The van der Waals surface area contributed by atoms with Gasteiger partial charge in [-0.2, -0.15) is 0 Å². The highest BCUT2D eigenvalue weighted by Gasteiger charge is 2.14. The maximum Gasteiger partial charge on any atom is 0.306 e. The number of rotatable bonds is 22. The van der Waals surface area contributed by atoms with Crippen molar-refractivity contribution in [1.29, 1.82) is 0 Å². The van der Waals surface area contributed by atoms with E-state index in [2.05, 4.69) is 67.7 Å². The lowest BCUT2D eigenvalue weighted by molar-refractivity contribution is -0.150. The van der Waals surface area contributed by atoms with Crippen molar-refractivity contribution in [1.82, 2.24) is 0 Å². The van der Waals surface area contributed by atoms with Crippen molar-refractivity contribution in [3.63, 3.8) is 0 Å². The molecule has 0 aliphatic carbocycles. The molecule has 0 aromatic heterocycles. The van der Waals surface area contributed by atoms with Crippen molar-refractivity contribution in [3.8, 4) is 0 Å². The maximum absolute atomic E-state index is 12.0. The Hall–Kier alpha value is -2.36. The monoisotopic (exact) mass is 472 g/mol. The van der Waals surface area contributed by atoms with Gasteiger partial charge in [0, 0.05) is 12.8 Å². The standard InChI is InChI=1S/C30H48O4/c1-3-5-6-7-8-9-10-11-12-13-14-15-16-17-18-19-20-21-22-27-30(33)34-28(24-4-2)25-23-26-29(31)32/h5-6,8-9,11-12,14-15,17-18,28H,3-4,7,10,13,16,19-27H2,1-2H3,(H,31,32)/b6-5-,9-8-,12-11-,15-14-,18-17-. The maximum atomic E-state index is 12.0. The number of hydrogen-bond donors (Lipinski definition) is 1. The van der Waals surface area contributed by atoms with Crippen LogP contribution in [0.2, 0.25) is 0 Å². The van der Waals surface area contributed by atoms with Gasteiger partial charge in [0.1, 0.15) is 6.10 Å². The van der Waals surface area contributed by atoms with Crippen LogP contribution in [-0.4, -0.2) is 23.1 Å². The highest BCUT2D eigenvalue weighted by atomic mass is 16.5. The van der Waals surface area contributed by atoms with Crippen LogP contribution in [0.4, 0.5) is 0 Å². The molecule has 0 rings (SSSR count). The molecule has 0 aromatic carbocycles. The lowest BCUT2D eigenvalue weighted by atomic mass is 10.1. The molecular weight excluding hydrogens is 424 g/mol. The molecular formula is C30H48O4. The van der Waals surface area contributed by atoms with Crippen LogP contribution in [-0.2, 0) is 14.3 Å². The van der Waals surface area contributed by atoms with Gasteiger partial charge in [-0.3, -0.25) is 9.59 Å². The third kappa shape index (κ3) is 24.3. The van der Waals surface area contributed by atoms with Gasteiger partial charge in [0.25, 0.3) is 0 Å². The first-order valence-electron chi connectivity index (χ1n) is 13.3. The third-order valence-corrected chi connectivity index (χ3v) is 5.23. The molecule has 0 aromatic rings. The first-order chi connectivity index (χ1) is 16.6. The van der Waals surface area contributed by atoms with Crippen LogP contribution in [0.15, 0.2) is 60.8 Å². The van der Waals surface area contributed by atoms with E-state index in [0.29, 0.717) is 19.3 Å². The second-order valence-corrected chi connectivity index (χ2v) is 8.49. The highest BCUT2D eigenvalue weighted by molar-refractivity contribution is 5.69. The van der Waals surface area contributed by atoms with E-state index in [1.54, 1.807) is 0 Å². The summed E-state index contributed by atoms with van der Waals surface area (Å²) in [6.07, 6.45) is 34.5. The fraction of sp³-hybridized carbons (Fsp3) is 0.600. The Balaban J connectivity index is 3.69. The lowest BCUT2D eigenvalue weighted by Gasteiger charge is -2.17. The van der Waals surface area contributed by atoms with Crippen LogP contribution in [0.3, 0.4) is 0 Å². The van der Waals surface area contributed by atoms with Crippen molar-refractivity contribution < 1.29 is 19.4 Å². The van der Waals surface area contributed by atoms with Crippen molar-refractivity contribution in [3.05, 3.63) is 60.8 Å². The Bertz CT molecular complexity index is 640. The minimum absolute atomic E-state index is 0.133. The number of carbonyl (C=O) groups excluding carboxylic acids is 1. The van der Waals surface area contributed by atoms with E-state index in [1.807, 2.05) is 6.92 Å². The predicted octanol–water partition coefficient (Wildman–Crippen LogP) is 8.66. The zero-order valence-corrected chi connectivity index (χ0v) is 21.6. The van der Waals surface area contributed by atoms with Crippen molar-refractivity contribution in [2.75, 3.05) is 0 Å². The molecule has 0 fully saturated rings. The molecule has 0 heterocycles. The number of esters is 1. The summed E-state index contributed by atoms with van der Waals surface area (Å²) in [6.45, 7) is 4.20. The molecule has 0 amide bonds. The summed E-state index contributed by atoms with van der Waals surface area (Å²) in [7, 11) is 0. The molecule has 1 atom stereocenters. The van der Waals surface area contributed by atoms with Crippen LogP contribution in [0.5, 0.6) is 0 Å². The summed E-state index contributed by atoms with van der Waals surface area (Å²) >= 11 is 0. The first kappa shape index (κ1) is 31.6. The SMILES string of the molecule is CC/C=C\C/C=C\C/C=C\C/C=C\C/C=C\CCCCCC(=O)OC(CCC)CCCC(=O)O. The van der Waals surface area contributed by atoms with Crippen molar-refractivity contribution in [2.24, 2.45) is 0 Å². The lowest BCUT2D eigenvalue weighted by Crippen LogP contribution is -2.18. The molecule has 0 aliphatic heterocycles. The van der Waals surface area contributed by atoms with Crippen LogP contribution >= 0.6 is 0 Å². The molecule has 0 saturated carbocycles. The quantitative estimate of drug-likeness (QED) is 0.0972. The summed E-state index contributed by atoms with van der Waals surface area (Å²) in [5.41, 5.74) is 0. The Morgan fingerprint density at radius 1 is 0.676 bits per heavy atom. The average molecular weight is 473 g/mol. The van der Waals surface area contributed by atoms with E-state index in [4.69, 9.17) is 9.84 Å². The zero-order chi connectivity index (χ0) is 25.1. The van der Waals surface area contributed by atoms with Gasteiger partial charge in [-0.1, -0.05) is 87.4 Å². The number of carboxylic acid groups (broad SMARTS) is 1. The second-order valence-electron chi connectivity index (χ2n) is 8.49. The molecule has 0 bridgehead atoms. The van der Waals surface area contributed by atoms with E-state index in [9.17, 15) is 9.59 Å². The number of hydrogen-bond acceptors (Lipinski definition) is 3. The van der Waals surface area contributed by atoms with E-state index >= 15 is 0 Å². The van der Waals surface area contributed by atoms with E-state index in [1.165, 1.54) is 0 Å². The second kappa shape index (κ2) is 25.3. The number of allylic oxidation sites excluding steroid dienone is 10. The molecule has 34 heavy (non-hydrogen) atoms. The summed E-state index contributed by atoms with van der Waals surface area (Å²) < 4.78 is 5.55. The Morgan fingerprint density at radius 2 is 1.24 bits per heavy atom. The number of carboxylic acids is 1. The van der Waals surface area contributed by atoms with Gasteiger partial charge < -0.3 is 9.84 Å². The van der Waals surface area contributed by atoms with Gasteiger partial charge in [-0.15, -0.1) is 0 Å². The minimum atomic E-state index is -0.797. The van der Waals surface area contributed by atoms with Crippen LogP contribution in [0.25, 0.3) is 0 Å². The number of ether oxygens (including phenoxy) is 1. The first-order valence-corrected chi connectivity index (χ1v) is 13.3. The van der Waals surface area contributed by atoms with Crippen LogP contribution < -0.4 is 0 Å². The molecule has 4 heteroatoms. The molecule has 1 N–H and O–H groups in total. The predicted molar refractivity (Wildman–Crippen MR) is 144 cm³/mol. The molecule has 1 unspecified atom stereocenters. The largest absolute Gasteiger partial charge is 0.481 e. The van der Waals surface area contributed by atoms with Crippen molar-refractivity contribution >= 4 is 11.9 Å². The summed E-state index contributed by atoms with van der Waals surface area (Å²) in [6, 6.07) is 0. The van der Waals surface area contributed by atoms with Gasteiger partial charge in [0.2, 0.25) is 0 Å². The van der Waals surface area contributed by atoms with E-state index in [0.717, 1.165) is 70.6 Å². The molecule has 0 spiro atoms. The fourth-order valence-corrected chi connectivity index (χ4v) is 3.39. The minimum Gasteiger partial charge on any atom is -0.481 e. The van der Waals surface area contributed by atoms with Gasteiger partial charge in [-0.05, 0) is 70.6 Å². The molecule has 0 radical (unpaired) electrons. The molecule has 0 aliphatic rings. The Kier molecular flexibility index (Phi) is 23.5. The number of aliphatic carboxylic acids is 1. The van der Waals surface area contributed by atoms with E-state index in [-0.39, 0.29) is 18.5 Å². The Morgan fingerprint density at radius 3 is 1.76 bits per heavy atom. The number of carbonyl (C=O) groups is 2. The topological polar surface area (TPSA) is 63.6 Å².